The highest BCUT2D eigenvalue weighted by Gasteiger charge is 2.63. The molecule has 5 nitrogen and oxygen atoms in total. The van der Waals surface area contributed by atoms with Gasteiger partial charge in [0.1, 0.15) is 0 Å². The van der Waals surface area contributed by atoms with Gasteiger partial charge >= 0.3 is 0 Å². The summed E-state index contributed by atoms with van der Waals surface area (Å²) in [4.78, 5) is 16.5. The molecule has 1 aromatic carbocycles. The molecule has 0 aliphatic carbocycles. The number of piperidine rings is 2. The van der Waals surface area contributed by atoms with Crippen LogP contribution < -0.4 is 5.32 Å². The minimum atomic E-state index is -0.892. The zero-order chi connectivity index (χ0) is 16.1. The average molecular weight is 315 g/mol. The molecule has 4 saturated heterocycles. The van der Waals surface area contributed by atoms with Crippen molar-refractivity contribution in [2.75, 3.05) is 45.8 Å². The summed E-state index contributed by atoms with van der Waals surface area (Å²) in [6, 6.07) is 10.4. The molecule has 5 rings (SSSR count). The van der Waals surface area contributed by atoms with E-state index in [1.165, 1.54) is 12.5 Å². The number of aliphatic hydroxyl groups is 1. The number of nitrogens with one attached hydrogen (secondary N) is 1. The summed E-state index contributed by atoms with van der Waals surface area (Å²) in [6.45, 7) is 7.56. The quantitative estimate of drug-likeness (QED) is 0.828. The van der Waals surface area contributed by atoms with E-state index >= 15 is 0 Å². The van der Waals surface area contributed by atoms with Gasteiger partial charge in [-0.2, -0.15) is 0 Å². The van der Waals surface area contributed by atoms with Crippen LogP contribution in [0.1, 0.15) is 12.5 Å². The van der Waals surface area contributed by atoms with Crippen molar-refractivity contribution in [2.45, 2.75) is 17.9 Å². The lowest BCUT2D eigenvalue weighted by atomic mass is 9.57. The Labute approximate surface area is 137 Å². The van der Waals surface area contributed by atoms with Crippen molar-refractivity contribution >= 4 is 5.91 Å². The number of benzene rings is 1. The van der Waals surface area contributed by atoms with Crippen molar-refractivity contribution < 1.29 is 9.90 Å². The van der Waals surface area contributed by atoms with Gasteiger partial charge in [0, 0.05) is 58.7 Å². The fraction of sp³-hybridized carbons (Fsp3) is 0.611. The van der Waals surface area contributed by atoms with Crippen LogP contribution in [0.5, 0.6) is 0 Å². The fourth-order valence-corrected chi connectivity index (χ4v) is 4.98. The Morgan fingerprint density at radius 2 is 1.83 bits per heavy atom. The monoisotopic (exact) mass is 315 g/mol. The molecule has 3 atom stereocenters. The second-order valence-corrected chi connectivity index (χ2v) is 7.45. The number of hydrogen-bond acceptors (Lipinski definition) is 4. The Kier molecular flexibility index (Phi) is 3.48. The summed E-state index contributed by atoms with van der Waals surface area (Å²) < 4.78 is 0. The van der Waals surface area contributed by atoms with Gasteiger partial charge in [-0.15, -0.1) is 0 Å². The molecule has 1 aromatic rings. The third kappa shape index (κ3) is 2.22. The lowest BCUT2D eigenvalue weighted by Gasteiger charge is -2.60. The highest BCUT2D eigenvalue weighted by molar-refractivity contribution is 5.73. The first-order valence-electron chi connectivity index (χ1n) is 8.51. The van der Waals surface area contributed by atoms with Gasteiger partial charge in [0.15, 0.2) is 0 Å². The summed E-state index contributed by atoms with van der Waals surface area (Å²) in [5.41, 5.74) is -0.0414. The van der Waals surface area contributed by atoms with Crippen molar-refractivity contribution in [1.82, 2.24) is 15.1 Å². The standard InChI is InChI=1S/C18H25N3O2/c1-14(22)19-11-18(23)16-9-20-7-8-21(10-16)13-17(18,12-20)15-5-3-2-4-6-15/h2-6,16,23H,7-13H2,1H3,(H,19,22). The first-order chi connectivity index (χ1) is 11.0. The van der Waals surface area contributed by atoms with Crippen LogP contribution in [-0.4, -0.2) is 72.2 Å². The Bertz CT molecular complexity index is 590. The first-order valence-corrected chi connectivity index (χ1v) is 8.51. The maximum atomic E-state index is 11.8. The van der Waals surface area contributed by atoms with Gasteiger partial charge in [-0.25, -0.2) is 0 Å². The molecule has 0 spiro atoms. The van der Waals surface area contributed by atoms with Crippen LogP contribution in [0.3, 0.4) is 0 Å². The van der Waals surface area contributed by atoms with Crippen LogP contribution in [0.25, 0.3) is 0 Å². The maximum Gasteiger partial charge on any atom is 0.216 e. The van der Waals surface area contributed by atoms with Gasteiger partial charge in [0.25, 0.3) is 0 Å². The minimum absolute atomic E-state index is 0.0751. The van der Waals surface area contributed by atoms with Gasteiger partial charge in [-0.3, -0.25) is 4.79 Å². The Hall–Kier alpha value is -1.43. The summed E-state index contributed by atoms with van der Waals surface area (Å²) in [5, 5.41) is 14.7. The molecule has 4 fully saturated rings. The van der Waals surface area contributed by atoms with E-state index in [4.69, 9.17) is 0 Å². The predicted octanol–water partition coefficient (Wildman–Crippen LogP) is 0.0526. The molecule has 2 N–H and O–H groups in total. The van der Waals surface area contributed by atoms with Crippen molar-refractivity contribution in [3.63, 3.8) is 0 Å². The van der Waals surface area contributed by atoms with E-state index in [1.807, 2.05) is 18.2 Å². The van der Waals surface area contributed by atoms with Crippen LogP contribution in [0.2, 0.25) is 0 Å². The second-order valence-electron chi connectivity index (χ2n) is 7.45. The van der Waals surface area contributed by atoms with Crippen molar-refractivity contribution in [1.29, 1.82) is 0 Å². The van der Waals surface area contributed by atoms with E-state index in [-0.39, 0.29) is 17.2 Å². The number of carbonyl (C=O) groups is 1. The fourth-order valence-electron chi connectivity index (χ4n) is 4.98. The van der Waals surface area contributed by atoms with Crippen molar-refractivity contribution in [3.05, 3.63) is 35.9 Å². The van der Waals surface area contributed by atoms with Gasteiger partial charge in [-0.05, 0) is 5.56 Å². The summed E-state index contributed by atoms with van der Waals surface area (Å²) >= 11 is 0. The first kappa shape index (κ1) is 15.1. The molecule has 4 aliphatic heterocycles. The molecule has 0 aromatic heterocycles. The van der Waals surface area contributed by atoms with Crippen LogP contribution in [0.4, 0.5) is 0 Å². The number of hydrogen-bond donors (Lipinski definition) is 2. The summed E-state index contributed by atoms with van der Waals surface area (Å²) in [7, 11) is 0. The summed E-state index contributed by atoms with van der Waals surface area (Å²) in [6.07, 6.45) is 0. The van der Waals surface area contributed by atoms with Gasteiger partial charge in [0.2, 0.25) is 5.91 Å². The predicted molar refractivity (Wildman–Crippen MR) is 88.1 cm³/mol. The summed E-state index contributed by atoms with van der Waals surface area (Å²) in [5.74, 6) is 0.0911. The average Bonchev–Trinajstić information content (AvgIpc) is 2.81. The highest BCUT2D eigenvalue weighted by atomic mass is 16.3. The van der Waals surface area contributed by atoms with Gasteiger partial charge < -0.3 is 20.2 Å². The molecule has 1 amide bonds. The Morgan fingerprint density at radius 3 is 2.39 bits per heavy atom. The molecule has 124 valence electrons. The lowest BCUT2D eigenvalue weighted by molar-refractivity contribution is -0.160. The SMILES string of the molecule is CC(=O)NCC1(O)C2CN3CCN(C2)CC1(c1ccccc1)C3. The molecular formula is C18H25N3O2. The normalized spacial score (nSPS) is 41.6. The van der Waals surface area contributed by atoms with Crippen LogP contribution >= 0.6 is 0 Å². The minimum Gasteiger partial charge on any atom is -0.387 e. The van der Waals surface area contributed by atoms with E-state index < -0.39 is 5.60 Å². The number of nitrogens with zero attached hydrogens (tertiary/aromatic N) is 2. The molecule has 4 aliphatic rings. The Balaban J connectivity index is 1.81. The largest absolute Gasteiger partial charge is 0.387 e. The van der Waals surface area contributed by atoms with Crippen LogP contribution in [0, 0.1) is 5.92 Å². The van der Waals surface area contributed by atoms with Crippen LogP contribution in [0.15, 0.2) is 30.3 Å². The third-order valence-corrected chi connectivity index (χ3v) is 6.11. The van der Waals surface area contributed by atoms with E-state index in [1.54, 1.807) is 0 Å². The molecule has 3 unspecified atom stereocenters. The smallest absolute Gasteiger partial charge is 0.216 e. The molecular weight excluding hydrogens is 290 g/mol. The van der Waals surface area contributed by atoms with Crippen LogP contribution in [-0.2, 0) is 10.2 Å². The van der Waals surface area contributed by atoms with Gasteiger partial charge in [0.05, 0.1) is 11.0 Å². The molecule has 0 saturated carbocycles. The van der Waals surface area contributed by atoms with E-state index in [0.29, 0.717) is 6.54 Å². The van der Waals surface area contributed by atoms with Crippen molar-refractivity contribution in [3.8, 4) is 0 Å². The van der Waals surface area contributed by atoms with E-state index in [2.05, 4.69) is 27.2 Å². The molecule has 0 radical (unpaired) electrons. The number of amides is 1. The topological polar surface area (TPSA) is 55.8 Å². The molecule has 4 heterocycles. The number of rotatable bonds is 3. The third-order valence-electron chi connectivity index (χ3n) is 6.11. The van der Waals surface area contributed by atoms with E-state index in [0.717, 1.165) is 39.3 Å². The van der Waals surface area contributed by atoms with Crippen molar-refractivity contribution in [2.24, 2.45) is 5.92 Å². The number of fused-ring (bicyclic) bond motifs is 1. The molecule has 5 heteroatoms. The zero-order valence-electron chi connectivity index (χ0n) is 13.7. The lowest BCUT2D eigenvalue weighted by Crippen LogP contribution is -2.76. The van der Waals surface area contributed by atoms with E-state index in [9.17, 15) is 9.90 Å². The zero-order valence-corrected chi connectivity index (χ0v) is 13.7. The Morgan fingerprint density at radius 1 is 1.22 bits per heavy atom. The maximum absolute atomic E-state index is 11.8. The second kappa shape index (κ2) is 5.30. The van der Waals surface area contributed by atoms with Gasteiger partial charge in [-0.1, -0.05) is 30.3 Å². The molecule has 23 heavy (non-hydrogen) atoms. The molecule has 4 bridgehead atoms. The number of carbonyl (C=O) groups excluding carboxylic acids is 1. The highest BCUT2D eigenvalue weighted by Crippen LogP contribution is 2.49.